The Morgan fingerprint density at radius 2 is 1.28 bits per heavy atom. The number of esters is 4. The van der Waals surface area contributed by atoms with Crippen molar-refractivity contribution in [2.45, 2.75) is 27.7 Å². The molecule has 186 valence electrons. The second-order valence-corrected chi connectivity index (χ2v) is 7.17. The highest BCUT2D eigenvalue weighted by molar-refractivity contribution is 6.00. The monoisotopic (exact) mass is 499 g/mol. The van der Waals surface area contributed by atoms with Crippen molar-refractivity contribution >= 4 is 40.5 Å². The third kappa shape index (κ3) is 5.35. The van der Waals surface area contributed by atoms with Crippen LogP contribution in [0.25, 0.3) is 22.3 Å². The number of fused-ring (bicyclic) bond motifs is 1. The highest BCUT2D eigenvalue weighted by Crippen LogP contribution is 2.50. The third-order valence-electron chi connectivity index (χ3n) is 4.34. The third-order valence-corrected chi connectivity index (χ3v) is 4.34. The van der Waals surface area contributed by atoms with E-state index in [1.807, 2.05) is 0 Å². The van der Waals surface area contributed by atoms with Crippen molar-refractivity contribution in [2.75, 3.05) is 0 Å². The summed E-state index contributed by atoms with van der Waals surface area (Å²) in [6.07, 6.45) is 0. The van der Waals surface area contributed by atoms with Gasteiger partial charge in [-0.15, -0.1) is 0 Å². The predicted octanol–water partition coefficient (Wildman–Crippen LogP) is 3.07. The van der Waals surface area contributed by atoms with Crippen molar-refractivity contribution < 1.29 is 47.5 Å². The molecule has 3 aromatic rings. The van der Waals surface area contributed by atoms with Crippen LogP contribution in [0.4, 0.5) is 5.69 Å². The Hall–Kier alpha value is -5.07. The summed E-state index contributed by atoms with van der Waals surface area (Å²) < 4.78 is 25.6. The Balaban J connectivity index is 2.44. The first-order valence-electron chi connectivity index (χ1n) is 10.0. The fraction of sp³-hybridized carbons (Fsp3) is 0.174. The summed E-state index contributed by atoms with van der Waals surface area (Å²) in [5.74, 6) is -5.99. The smallest absolute Gasteiger partial charge is 0.358 e. The van der Waals surface area contributed by atoms with E-state index in [9.17, 15) is 34.1 Å². The molecule has 0 saturated carbocycles. The molecule has 0 atom stereocenters. The number of benzene rings is 2. The van der Waals surface area contributed by atoms with Gasteiger partial charge in [-0.2, -0.15) is 0 Å². The van der Waals surface area contributed by atoms with Crippen LogP contribution in [0.15, 0.2) is 39.5 Å². The zero-order valence-corrected chi connectivity index (χ0v) is 19.2. The summed E-state index contributed by atoms with van der Waals surface area (Å²) in [6, 6.07) is 6.59. The molecule has 0 bridgehead atoms. The number of rotatable bonds is 6. The molecule has 0 fully saturated rings. The van der Waals surface area contributed by atoms with Crippen molar-refractivity contribution in [3.05, 3.63) is 50.7 Å². The maximum absolute atomic E-state index is 13.1. The molecule has 0 radical (unpaired) electrons. The van der Waals surface area contributed by atoms with Gasteiger partial charge in [-0.1, -0.05) is 0 Å². The molecule has 1 heterocycles. The Kier molecular flexibility index (Phi) is 7.13. The van der Waals surface area contributed by atoms with E-state index < -0.39 is 68.1 Å². The van der Waals surface area contributed by atoms with Crippen LogP contribution in [0, 0.1) is 10.1 Å². The first kappa shape index (κ1) is 25.6. The van der Waals surface area contributed by atoms with Gasteiger partial charge in [0.05, 0.1) is 4.92 Å². The van der Waals surface area contributed by atoms with Gasteiger partial charge in [0.2, 0.25) is 11.3 Å². The summed E-state index contributed by atoms with van der Waals surface area (Å²) in [5.41, 5.74) is -2.39. The number of hydrogen-bond acceptors (Lipinski definition) is 12. The Morgan fingerprint density at radius 3 is 1.78 bits per heavy atom. The molecule has 0 saturated heterocycles. The van der Waals surface area contributed by atoms with Gasteiger partial charge in [-0.25, -0.2) is 0 Å². The molecule has 13 nitrogen and oxygen atoms in total. The van der Waals surface area contributed by atoms with Gasteiger partial charge in [0.15, 0.2) is 11.2 Å². The molecule has 2 aromatic carbocycles. The minimum absolute atomic E-state index is 0.159. The zero-order valence-electron chi connectivity index (χ0n) is 19.2. The van der Waals surface area contributed by atoms with Crippen molar-refractivity contribution in [2.24, 2.45) is 0 Å². The highest BCUT2D eigenvalue weighted by atomic mass is 16.6. The molecule has 0 unspecified atom stereocenters. The molecule has 0 amide bonds. The van der Waals surface area contributed by atoms with Gasteiger partial charge in [0, 0.05) is 39.3 Å². The minimum Gasteiger partial charge on any atom is -0.448 e. The number of nitro groups is 1. The Labute approximate surface area is 201 Å². The minimum atomic E-state index is -1.04. The lowest BCUT2D eigenvalue weighted by atomic mass is 10.1. The number of ether oxygens (including phenoxy) is 4. The van der Waals surface area contributed by atoms with E-state index in [0.717, 1.165) is 26.8 Å². The predicted molar refractivity (Wildman–Crippen MR) is 120 cm³/mol. The second-order valence-electron chi connectivity index (χ2n) is 7.17. The molecule has 0 aliphatic rings. The van der Waals surface area contributed by atoms with Gasteiger partial charge in [-0.05, 0) is 24.3 Å². The Bertz CT molecular complexity index is 1480. The molecular weight excluding hydrogens is 482 g/mol. The van der Waals surface area contributed by atoms with Crippen LogP contribution in [0.5, 0.6) is 23.0 Å². The first-order chi connectivity index (χ1) is 16.9. The SMILES string of the molecule is CC(=O)Oc1ccc(-c2cc(=O)c3c(OC(C)=O)c(OC(C)=O)c(OC(C)=O)c([N+](=O)[O-])c3o2)cc1. The van der Waals surface area contributed by atoms with Crippen molar-refractivity contribution in [3.63, 3.8) is 0 Å². The van der Waals surface area contributed by atoms with Crippen LogP contribution in [0.2, 0.25) is 0 Å². The van der Waals surface area contributed by atoms with E-state index in [1.54, 1.807) is 0 Å². The fourth-order valence-electron chi connectivity index (χ4n) is 3.18. The van der Waals surface area contributed by atoms with Crippen LogP contribution in [-0.4, -0.2) is 28.8 Å². The van der Waals surface area contributed by atoms with Crippen molar-refractivity contribution in [1.29, 1.82) is 0 Å². The summed E-state index contributed by atoms with van der Waals surface area (Å²) in [6.45, 7) is 4.04. The van der Waals surface area contributed by atoms with Gasteiger partial charge in [0.1, 0.15) is 16.9 Å². The Morgan fingerprint density at radius 1 is 0.778 bits per heavy atom. The van der Waals surface area contributed by atoms with E-state index in [0.29, 0.717) is 0 Å². The van der Waals surface area contributed by atoms with E-state index in [1.165, 1.54) is 31.2 Å². The lowest BCUT2D eigenvalue weighted by Gasteiger charge is -2.15. The largest absolute Gasteiger partial charge is 0.448 e. The first-order valence-corrected chi connectivity index (χ1v) is 10.0. The molecular formula is C23H17NO12. The summed E-state index contributed by atoms with van der Waals surface area (Å²) in [7, 11) is 0. The lowest BCUT2D eigenvalue weighted by Crippen LogP contribution is -2.15. The molecule has 1 aromatic heterocycles. The number of nitrogens with zero attached hydrogens (tertiary/aromatic N) is 1. The zero-order chi connectivity index (χ0) is 26.7. The molecule has 13 heteroatoms. The van der Waals surface area contributed by atoms with Gasteiger partial charge in [-0.3, -0.25) is 34.1 Å². The molecule has 0 aliphatic heterocycles. The van der Waals surface area contributed by atoms with E-state index in [2.05, 4.69) is 0 Å². The van der Waals surface area contributed by atoms with Crippen LogP contribution >= 0.6 is 0 Å². The van der Waals surface area contributed by atoms with Gasteiger partial charge < -0.3 is 23.4 Å². The van der Waals surface area contributed by atoms with Gasteiger partial charge >= 0.3 is 29.6 Å². The lowest BCUT2D eigenvalue weighted by molar-refractivity contribution is -0.384. The molecule has 36 heavy (non-hydrogen) atoms. The van der Waals surface area contributed by atoms with Crippen molar-refractivity contribution in [3.8, 4) is 34.3 Å². The van der Waals surface area contributed by atoms with Gasteiger partial charge in [0.25, 0.3) is 5.75 Å². The number of hydrogen-bond donors (Lipinski definition) is 0. The number of carbonyl (C=O) groups excluding carboxylic acids is 4. The average Bonchev–Trinajstić information content (AvgIpc) is 2.74. The summed E-state index contributed by atoms with van der Waals surface area (Å²) in [4.78, 5) is 70.5. The van der Waals surface area contributed by atoms with E-state index >= 15 is 0 Å². The summed E-state index contributed by atoms with van der Waals surface area (Å²) >= 11 is 0. The normalized spacial score (nSPS) is 10.4. The maximum atomic E-state index is 13.1. The fourth-order valence-corrected chi connectivity index (χ4v) is 3.18. The van der Waals surface area contributed by atoms with E-state index in [4.69, 9.17) is 23.4 Å². The highest BCUT2D eigenvalue weighted by Gasteiger charge is 2.36. The molecule has 0 spiro atoms. The molecule has 0 N–H and O–H groups in total. The van der Waals surface area contributed by atoms with E-state index in [-0.39, 0.29) is 17.1 Å². The summed E-state index contributed by atoms with van der Waals surface area (Å²) in [5, 5.41) is 11.4. The van der Waals surface area contributed by atoms with Crippen LogP contribution in [0.3, 0.4) is 0 Å². The van der Waals surface area contributed by atoms with Crippen LogP contribution in [0.1, 0.15) is 27.7 Å². The average molecular weight is 499 g/mol. The molecule has 3 rings (SSSR count). The second kappa shape index (κ2) is 10.0. The number of carbonyl (C=O) groups is 4. The number of nitro benzene ring substituents is 1. The van der Waals surface area contributed by atoms with Crippen LogP contribution < -0.4 is 24.4 Å². The van der Waals surface area contributed by atoms with Crippen molar-refractivity contribution in [1.82, 2.24) is 0 Å². The maximum Gasteiger partial charge on any atom is 0.358 e. The quantitative estimate of drug-likeness (QED) is 0.210. The van der Waals surface area contributed by atoms with Crippen LogP contribution in [-0.2, 0) is 19.2 Å². The standard InChI is InChI=1S/C23H17NO12/c1-10(25)32-15-7-5-14(6-8-15)17-9-16(29)18-20(36-17)19(24(30)31)22(34-12(3)27)23(35-13(4)28)21(18)33-11(2)26/h5-9H,1-4H3. The molecule has 0 aliphatic carbocycles. The topological polar surface area (TPSA) is 179 Å².